The monoisotopic (exact) mass is 349 g/mol. The zero-order chi connectivity index (χ0) is 17.9. The SMILES string of the molecule is CN1CCC(Oc2cccc(F)c2)c2ccc(-c3cccnn3)cc2C1. The van der Waals surface area contributed by atoms with Crippen LogP contribution in [0.15, 0.2) is 60.8 Å². The van der Waals surface area contributed by atoms with Gasteiger partial charge < -0.3 is 9.64 Å². The third kappa shape index (κ3) is 3.58. The second-order valence-corrected chi connectivity index (χ2v) is 6.61. The van der Waals surface area contributed by atoms with Crippen LogP contribution in [0.2, 0.25) is 0 Å². The number of aromatic nitrogens is 2. The topological polar surface area (TPSA) is 38.2 Å². The maximum Gasteiger partial charge on any atom is 0.126 e. The van der Waals surface area contributed by atoms with Gasteiger partial charge in [0.25, 0.3) is 0 Å². The summed E-state index contributed by atoms with van der Waals surface area (Å²) in [6.07, 6.45) is 2.42. The Kier molecular flexibility index (Phi) is 4.63. The Morgan fingerprint density at radius 1 is 1.12 bits per heavy atom. The van der Waals surface area contributed by atoms with Crippen molar-refractivity contribution in [1.29, 1.82) is 0 Å². The molecular weight excluding hydrogens is 329 g/mol. The highest BCUT2D eigenvalue weighted by atomic mass is 19.1. The minimum Gasteiger partial charge on any atom is -0.486 e. The molecule has 2 aromatic carbocycles. The van der Waals surface area contributed by atoms with Crippen molar-refractivity contribution in [3.05, 3.63) is 77.7 Å². The maximum atomic E-state index is 13.5. The molecule has 0 N–H and O–H groups in total. The van der Waals surface area contributed by atoms with Gasteiger partial charge in [0.2, 0.25) is 0 Å². The molecule has 4 rings (SSSR count). The Labute approximate surface area is 152 Å². The van der Waals surface area contributed by atoms with Crippen LogP contribution in [0.3, 0.4) is 0 Å². The van der Waals surface area contributed by atoms with E-state index in [0.717, 1.165) is 36.3 Å². The Bertz CT molecular complexity index is 901. The van der Waals surface area contributed by atoms with Gasteiger partial charge in [-0.3, -0.25) is 0 Å². The van der Waals surface area contributed by atoms with Crippen molar-refractivity contribution in [2.75, 3.05) is 13.6 Å². The molecule has 26 heavy (non-hydrogen) atoms. The van der Waals surface area contributed by atoms with Crippen LogP contribution < -0.4 is 4.74 Å². The lowest BCUT2D eigenvalue weighted by molar-refractivity contribution is 0.182. The highest BCUT2D eigenvalue weighted by Crippen LogP contribution is 2.33. The van der Waals surface area contributed by atoms with E-state index in [4.69, 9.17) is 4.74 Å². The van der Waals surface area contributed by atoms with Crippen LogP contribution in [-0.2, 0) is 6.54 Å². The van der Waals surface area contributed by atoms with E-state index in [0.29, 0.717) is 5.75 Å². The van der Waals surface area contributed by atoms with Gasteiger partial charge in [-0.05, 0) is 48.5 Å². The van der Waals surface area contributed by atoms with Crippen molar-refractivity contribution in [2.24, 2.45) is 0 Å². The molecular formula is C21H20FN3O. The fraction of sp³-hybridized carbons (Fsp3) is 0.238. The largest absolute Gasteiger partial charge is 0.486 e. The summed E-state index contributed by atoms with van der Waals surface area (Å²) in [6, 6.07) is 16.5. The van der Waals surface area contributed by atoms with Crippen LogP contribution in [0.5, 0.6) is 5.75 Å². The molecule has 1 aliphatic heterocycles. The van der Waals surface area contributed by atoms with E-state index in [1.54, 1.807) is 18.3 Å². The molecule has 1 aliphatic rings. The molecule has 0 saturated carbocycles. The van der Waals surface area contributed by atoms with Crippen LogP contribution in [0.1, 0.15) is 23.7 Å². The van der Waals surface area contributed by atoms with Crippen molar-refractivity contribution in [3.63, 3.8) is 0 Å². The van der Waals surface area contributed by atoms with Crippen molar-refractivity contribution < 1.29 is 9.13 Å². The van der Waals surface area contributed by atoms with E-state index >= 15 is 0 Å². The first-order chi connectivity index (χ1) is 12.7. The number of hydrogen-bond acceptors (Lipinski definition) is 4. The lowest BCUT2D eigenvalue weighted by Gasteiger charge is -2.20. The molecule has 0 fully saturated rings. The van der Waals surface area contributed by atoms with Gasteiger partial charge in [0.1, 0.15) is 17.7 Å². The summed E-state index contributed by atoms with van der Waals surface area (Å²) in [6.45, 7) is 1.75. The van der Waals surface area contributed by atoms with Gasteiger partial charge in [-0.15, -0.1) is 0 Å². The van der Waals surface area contributed by atoms with E-state index in [9.17, 15) is 4.39 Å². The van der Waals surface area contributed by atoms with Gasteiger partial charge in [-0.25, -0.2) is 4.39 Å². The average Bonchev–Trinajstić information content (AvgIpc) is 2.81. The summed E-state index contributed by atoms with van der Waals surface area (Å²) in [5.41, 5.74) is 4.24. The molecule has 1 atom stereocenters. The van der Waals surface area contributed by atoms with Crippen molar-refractivity contribution in [3.8, 4) is 17.0 Å². The number of halogens is 1. The maximum absolute atomic E-state index is 13.5. The molecule has 0 spiro atoms. The van der Waals surface area contributed by atoms with Crippen molar-refractivity contribution in [1.82, 2.24) is 15.1 Å². The Morgan fingerprint density at radius 2 is 2.04 bits per heavy atom. The second kappa shape index (κ2) is 7.22. The predicted octanol–water partition coefficient (Wildman–Crippen LogP) is 4.24. The number of hydrogen-bond donors (Lipinski definition) is 0. The summed E-state index contributed by atoms with van der Waals surface area (Å²) in [4.78, 5) is 2.27. The summed E-state index contributed by atoms with van der Waals surface area (Å²) in [7, 11) is 2.10. The van der Waals surface area contributed by atoms with E-state index in [1.807, 2.05) is 12.1 Å². The van der Waals surface area contributed by atoms with Crippen LogP contribution in [0, 0.1) is 5.82 Å². The highest BCUT2D eigenvalue weighted by Gasteiger charge is 2.23. The third-order valence-electron chi connectivity index (χ3n) is 4.65. The molecule has 0 amide bonds. The number of benzene rings is 2. The Morgan fingerprint density at radius 3 is 2.85 bits per heavy atom. The first kappa shape index (κ1) is 16.7. The van der Waals surface area contributed by atoms with Crippen LogP contribution in [0.4, 0.5) is 4.39 Å². The molecule has 1 unspecified atom stereocenters. The third-order valence-corrected chi connectivity index (χ3v) is 4.65. The zero-order valence-corrected chi connectivity index (χ0v) is 14.6. The quantitative estimate of drug-likeness (QED) is 0.709. The lowest BCUT2D eigenvalue weighted by Crippen LogP contribution is -2.18. The average molecular weight is 349 g/mol. The molecule has 2 heterocycles. The minimum atomic E-state index is -0.286. The zero-order valence-electron chi connectivity index (χ0n) is 14.6. The van der Waals surface area contributed by atoms with E-state index in [-0.39, 0.29) is 11.9 Å². The fourth-order valence-electron chi connectivity index (χ4n) is 3.36. The van der Waals surface area contributed by atoms with Crippen LogP contribution in [-0.4, -0.2) is 28.7 Å². The highest BCUT2D eigenvalue weighted by molar-refractivity contribution is 5.60. The van der Waals surface area contributed by atoms with Crippen LogP contribution >= 0.6 is 0 Å². The van der Waals surface area contributed by atoms with Gasteiger partial charge in [0.15, 0.2) is 0 Å². The molecule has 5 heteroatoms. The Hall–Kier alpha value is -2.79. The number of ether oxygens (including phenoxy) is 1. The summed E-state index contributed by atoms with van der Waals surface area (Å²) in [5, 5.41) is 8.17. The summed E-state index contributed by atoms with van der Waals surface area (Å²) < 4.78 is 19.6. The smallest absolute Gasteiger partial charge is 0.126 e. The lowest BCUT2D eigenvalue weighted by atomic mass is 9.97. The summed E-state index contributed by atoms with van der Waals surface area (Å²) in [5.74, 6) is 0.273. The van der Waals surface area contributed by atoms with Crippen molar-refractivity contribution in [2.45, 2.75) is 19.1 Å². The molecule has 132 valence electrons. The van der Waals surface area contributed by atoms with Gasteiger partial charge in [-0.1, -0.05) is 18.2 Å². The van der Waals surface area contributed by atoms with Gasteiger partial charge in [0.05, 0.1) is 5.69 Å². The molecule has 1 aromatic heterocycles. The number of nitrogens with zero attached hydrogens (tertiary/aromatic N) is 3. The first-order valence-electron chi connectivity index (χ1n) is 8.71. The van der Waals surface area contributed by atoms with E-state index in [2.05, 4.69) is 40.3 Å². The molecule has 3 aromatic rings. The molecule has 4 nitrogen and oxygen atoms in total. The van der Waals surface area contributed by atoms with Crippen LogP contribution in [0.25, 0.3) is 11.3 Å². The number of rotatable bonds is 3. The first-order valence-corrected chi connectivity index (χ1v) is 8.71. The molecule has 0 radical (unpaired) electrons. The fourth-order valence-corrected chi connectivity index (χ4v) is 3.36. The van der Waals surface area contributed by atoms with E-state index in [1.165, 1.54) is 17.7 Å². The Balaban J connectivity index is 1.69. The normalized spacial score (nSPS) is 17.4. The molecule has 0 aliphatic carbocycles. The van der Waals surface area contributed by atoms with Crippen molar-refractivity contribution >= 4 is 0 Å². The second-order valence-electron chi connectivity index (χ2n) is 6.61. The molecule has 0 bridgehead atoms. The van der Waals surface area contributed by atoms with Gasteiger partial charge in [-0.2, -0.15) is 10.2 Å². The predicted molar refractivity (Wildman–Crippen MR) is 98.2 cm³/mol. The minimum absolute atomic E-state index is 0.104. The van der Waals surface area contributed by atoms with Gasteiger partial charge in [0, 0.05) is 37.3 Å². The van der Waals surface area contributed by atoms with E-state index < -0.39 is 0 Å². The standard InChI is InChI=1S/C21H20FN3O/c1-25-11-9-21(26-18-5-2-4-17(22)13-18)19-8-7-15(12-16(19)14-25)20-6-3-10-23-24-20/h2-8,10,12-13,21H,9,11,14H2,1H3. The molecule has 0 saturated heterocycles. The summed E-state index contributed by atoms with van der Waals surface area (Å²) >= 11 is 0. The van der Waals surface area contributed by atoms with Gasteiger partial charge >= 0.3 is 0 Å². The number of fused-ring (bicyclic) bond motifs is 1.